The maximum Gasteiger partial charge on any atom is 0.412 e. The summed E-state index contributed by atoms with van der Waals surface area (Å²) in [5, 5.41) is 2.45. The molecule has 17 heavy (non-hydrogen) atoms. The predicted octanol–water partition coefficient (Wildman–Crippen LogP) is -2.64. The molecule has 0 bridgehead atoms. The van der Waals surface area contributed by atoms with E-state index in [1.807, 2.05) is 25.1 Å². The number of para-hydroxylation sites is 1. The quantitative estimate of drug-likeness (QED) is 0.623. The van der Waals surface area contributed by atoms with Crippen molar-refractivity contribution in [3.63, 3.8) is 0 Å². The van der Waals surface area contributed by atoms with Crippen molar-refractivity contribution >= 4 is 6.09 Å². The minimum Gasteiger partial charge on any atom is -1.00 e. The number of hydrogen-bond donors (Lipinski definition) is 2. The van der Waals surface area contributed by atoms with Gasteiger partial charge in [0.15, 0.2) is 0 Å². The standard InChI is InChI=1S/C12H18N2O2.ClH/c1-9-6-5-7-10(8-14(3)4)11(9)16-12(15)13-2;/h5-7H,8H2,1-4H3,(H,13,15);1H. The smallest absolute Gasteiger partial charge is 0.412 e. The summed E-state index contributed by atoms with van der Waals surface area (Å²) in [6, 6.07) is 5.90. The maximum atomic E-state index is 11.2. The lowest BCUT2D eigenvalue weighted by atomic mass is 10.1. The molecule has 0 unspecified atom stereocenters. The van der Waals surface area contributed by atoms with Crippen molar-refractivity contribution in [2.75, 3.05) is 21.1 Å². The first-order chi connectivity index (χ1) is 7.54. The zero-order valence-corrected chi connectivity index (χ0v) is 11.4. The molecule has 0 atom stereocenters. The van der Waals surface area contributed by atoms with Gasteiger partial charge in [-0.25, -0.2) is 4.79 Å². The largest absolute Gasteiger partial charge is 1.00 e. The molecule has 1 aromatic rings. The summed E-state index contributed by atoms with van der Waals surface area (Å²) >= 11 is 0. The molecule has 5 heteroatoms. The van der Waals surface area contributed by atoms with Crippen molar-refractivity contribution < 1.29 is 26.8 Å². The molecule has 2 N–H and O–H groups in total. The van der Waals surface area contributed by atoms with E-state index < -0.39 is 6.09 Å². The number of halogens is 1. The second-order valence-electron chi connectivity index (χ2n) is 4.09. The number of aryl methyl sites for hydroxylation is 1. The highest BCUT2D eigenvalue weighted by Crippen LogP contribution is 2.22. The highest BCUT2D eigenvalue weighted by Gasteiger charge is 2.12. The van der Waals surface area contributed by atoms with Gasteiger partial charge in [-0.05, 0) is 18.6 Å². The minimum atomic E-state index is -0.427. The van der Waals surface area contributed by atoms with E-state index in [0.717, 1.165) is 17.7 Å². The first kappa shape index (κ1) is 15.7. The highest BCUT2D eigenvalue weighted by atomic mass is 35.5. The highest BCUT2D eigenvalue weighted by molar-refractivity contribution is 5.71. The molecule has 0 aromatic heterocycles. The van der Waals surface area contributed by atoms with Crippen LogP contribution < -0.4 is 27.4 Å². The van der Waals surface area contributed by atoms with E-state index in [-0.39, 0.29) is 12.4 Å². The average molecular weight is 259 g/mol. The van der Waals surface area contributed by atoms with Crippen LogP contribution in [0.15, 0.2) is 18.2 Å². The molecule has 0 aliphatic carbocycles. The summed E-state index contributed by atoms with van der Waals surface area (Å²) in [4.78, 5) is 12.5. The molecule has 0 heterocycles. The van der Waals surface area contributed by atoms with E-state index in [9.17, 15) is 4.79 Å². The average Bonchev–Trinajstić information content (AvgIpc) is 2.22. The van der Waals surface area contributed by atoms with Crippen LogP contribution >= 0.6 is 0 Å². The number of amides is 1. The second kappa shape index (κ2) is 7.14. The van der Waals surface area contributed by atoms with Gasteiger partial charge >= 0.3 is 6.09 Å². The van der Waals surface area contributed by atoms with Gasteiger partial charge < -0.3 is 27.4 Å². The third-order valence-corrected chi connectivity index (χ3v) is 2.24. The predicted molar refractivity (Wildman–Crippen MR) is 62.8 cm³/mol. The Hall–Kier alpha value is -1.26. The van der Waals surface area contributed by atoms with Crippen LogP contribution in [0.1, 0.15) is 11.1 Å². The number of nitrogens with one attached hydrogen (secondary N) is 2. The van der Waals surface area contributed by atoms with Gasteiger partial charge in [-0.1, -0.05) is 12.1 Å². The van der Waals surface area contributed by atoms with E-state index in [1.165, 1.54) is 4.90 Å². The molecule has 0 saturated carbocycles. The summed E-state index contributed by atoms with van der Waals surface area (Å²) in [5.41, 5.74) is 2.02. The molecule has 0 spiro atoms. The zero-order valence-electron chi connectivity index (χ0n) is 10.6. The molecule has 4 nitrogen and oxygen atoms in total. The summed E-state index contributed by atoms with van der Waals surface area (Å²) in [5.74, 6) is 0.669. The van der Waals surface area contributed by atoms with Gasteiger partial charge in [0.1, 0.15) is 12.3 Å². The Labute approximate surface area is 108 Å². The van der Waals surface area contributed by atoms with Crippen LogP contribution in [0, 0.1) is 6.92 Å². The van der Waals surface area contributed by atoms with Crippen LogP contribution in [-0.4, -0.2) is 27.2 Å². The number of hydrogen-bond acceptors (Lipinski definition) is 2. The molecular weight excluding hydrogens is 240 g/mol. The fourth-order valence-electron chi connectivity index (χ4n) is 1.52. The third kappa shape index (κ3) is 4.63. The number of rotatable bonds is 3. The van der Waals surface area contributed by atoms with Crippen molar-refractivity contribution in [2.45, 2.75) is 13.5 Å². The lowest BCUT2D eigenvalue weighted by Crippen LogP contribution is -3.04. The van der Waals surface area contributed by atoms with Crippen LogP contribution in [0.25, 0.3) is 0 Å². The summed E-state index contributed by atoms with van der Waals surface area (Å²) < 4.78 is 5.26. The van der Waals surface area contributed by atoms with E-state index >= 15 is 0 Å². The Morgan fingerprint density at radius 3 is 2.59 bits per heavy atom. The number of carbonyl (C=O) groups excluding carboxylic acids is 1. The van der Waals surface area contributed by atoms with Gasteiger partial charge in [-0.3, -0.25) is 0 Å². The van der Waals surface area contributed by atoms with Crippen molar-refractivity contribution in [2.24, 2.45) is 0 Å². The lowest BCUT2D eigenvalue weighted by Gasteiger charge is -2.14. The number of benzene rings is 1. The first-order valence-electron chi connectivity index (χ1n) is 5.31. The lowest BCUT2D eigenvalue weighted by molar-refractivity contribution is -0.872. The molecule has 1 amide bonds. The molecule has 0 fully saturated rings. The number of carbonyl (C=O) groups is 1. The van der Waals surface area contributed by atoms with Crippen molar-refractivity contribution in [3.8, 4) is 5.75 Å². The van der Waals surface area contributed by atoms with Crippen LogP contribution in [0.4, 0.5) is 4.79 Å². The summed E-state index contributed by atoms with van der Waals surface area (Å²) in [6.45, 7) is 2.76. The number of ether oxygens (including phenoxy) is 1. The van der Waals surface area contributed by atoms with E-state index in [1.54, 1.807) is 7.05 Å². The Balaban J connectivity index is 0.00000256. The van der Waals surface area contributed by atoms with Gasteiger partial charge in [0.25, 0.3) is 0 Å². The maximum absolute atomic E-state index is 11.2. The van der Waals surface area contributed by atoms with E-state index in [0.29, 0.717) is 5.75 Å². The Morgan fingerprint density at radius 2 is 2.06 bits per heavy atom. The Kier molecular flexibility index (Phi) is 6.61. The second-order valence-corrected chi connectivity index (χ2v) is 4.09. The Bertz CT molecular complexity index is 381. The van der Waals surface area contributed by atoms with Gasteiger partial charge in [0.05, 0.1) is 14.1 Å². The van der Waals surface area contributed by atoms with E-state index in [2.05, 4.69) is 19.4 Å². The van der Waals surface area contributed by atoms with Crippen molar-refractivity contribution in [1.29, 1.82) is 0 Å². The van der Waals surface area contributed by atoms with E-state index in [4.69, 9.17) is 4.74 Å². The van der Waals surface area contributed by atoms with Crippen molar-refractivity contribution in [3.05, 3.63) is 29.3 Å². The molecule has 0 aliphatic heterocycles. The SMILES string of the molecule is CNC(=O)Oc1c(C)cccc1C[NH+](C)C.[Cl-]. The molecule has 0 saturated heterocycles. The monoisotopic (exact) mass is 258 g/mol. The molecule has 0 radical (unpaired) electrons. The van der Waals surface area contributed by atoms with Gasteiger partial charge in [0, 0.05) is 12.6 Å². The Morgan fingerprint density at radius 1 is 1.41 bits per heavy atom. The molecule has 1 rings (SSSR count). The number of quaternary nitrogens is 1. The van der Waals surface area contributed by atoms with Crippen molar-refractivity contribution in [1.82, 2.24) is 5.32 Å². The minimum absolute atomic E-state index is 0. The van der Waals surface area contributed by atoms with Crippen LogP contribution in [0.2, 0.25) is 0 Å². The first-order valence-corrected chi connectivity index (χ1v) is 5.31. The van der Waals surface area contributed by atoms with Gasteiger partial charge in [-0.15, -0.1) is 0 Å². The normalized spacial score (nSPS) is 9.71. The third-order valence-electron chi connectivity index (χ3n) is 2.24. The molecule has 96 valence electrons. The fraction of sp³-hybridized carbons (Fsp3) is 0.417. The van der Waals surface area contributed by atoms with Gasteiger partial charge in [0.2, 0.25) is 0 Å². The molecule has 1 aromatic carbocycles. The van der Waals surface area contributed by atoms with Crippen LogP contribution in [0.3, 0.4) is 0 Å². The molecule has 0 aliphatic rings. The van der Waals surface area contributed by atoms with Crippen LogP contribution in [-0.2, 0) is 6.54 Å². The van der Waals surface area contributed by atoms with Crippen LogP contribution in [0.5, 0.6) is 5.75 Å². The topological polar surface area (TPSA) is 42.8 Å². The van der Waals surface area contributed by atoms with Gasteiger partial charge in [-0.2, -0.15) is 0 Å². The zero-order chi connectivity index (χ0) is 12.1. The summed E-state index contributed by atoms with van der Waals surface area (Å²) in [6.07, 6.45) is -0.427. The fourth-order valence-corrected chi connectivity index (χ4v) is 1.52. The summed E-state index contributed by atoms with van der Waals surface area (Å²) in [7, 11) is 5.68. The molecular formula is C12H19ClN2O2.